The van der Waals surface area contributed by atoms with Crippen LogP contribution in [0.1, 0.15) is 146 Å². The van der Waals surface area contributed by atoms with Gasteiger partial charge in [0, 0.05) is 101 Å². The van der Waals surface area contributed by atoms with Crippen LogP contribution in [-0.2, 0) is 114 Å². The van der Waals surface area contributed by atoms with Gasteiger partial charge in [0.15, 0.2) is 29.8 Å². The summed E-state index contributed by atoms with van der Waals surface area (Å²) in [7, 11) is 0.500. The van der Waals surface area contributed by atoms with E-state index in [9.17, 15) is 60.6 Å². The number of aliphatic hydroxyl groups excluding tert-OH is 4. The van der Waals surface area contributed by atoms with Crippen molar-refractivity contribution in [1.29, 1.82) is 0 Å². The first-order valence-electron chi connectivity index (χ1n) is 30.3. The molecular weight excluding hydrogens is 1390 g/mol. The minimum Gasteiger partial charge on any atom is -0.498 e. The number of rotatable bonds is 9. The predicted octanol–water partition coefficient (Wildman–Crippen LogP) is 6.62. The largest absolute Gasteiger partial charge is 0.498 e. The summed E-state index contributed by atoms with van der Waals surface area (Å²) in [6, 6.07) is 0. The molecule has 0 aromatic rings. The second-order valence-corrected chi connectivity index (χ2v) is 23.7. The summed E-state index contributed by atoms with van der Waals surface area (Å²) < 4.78 is 142. The van der Waals surface area contributed by atoms with Crippen molar-refractivity contribution in [3.05, 3.63) is 12.3 Å². The zero-order valence-corrected chi connectivity index (χ0v) is 59.2. The zero-order chi connectivity index (χ0) is 75.1. The van der Waals surface area contributed by atoms with E-state index in [4.69, 9.17) is 91.2 Å². The first kappa shape index (κ1) is 95.7. The molecule has 5 saturated heterocycles. The highest BCUT2D eigenvalue weighted by Crippen LogP contribution is 2.35. The molecule has 4 N–H and O–H groups in total. The van der Waals surface area contributed by atoms with E-state index in [0.717, 1.165) is 0 Å². The van der Waals surface area contributed by atoms with Crippen LogP contribution in [0.25, 0.3) is 0 Å². The molecular formula is C61H101BBrF6O28. The van der Waals surface area contributed by atoms with Gasteiger partial charge in [0.1, 0.15) is 54.9 Å². The molecule has 0 aromatic heterocycles. The summed E-state index contributed by atoms with van der Waals surface area (Å²) in [5, 5.41) is 35.5. The van der Waals surface area contributed by atoms with Gasteiger partial charge in [0.25, 0.3) is 0 Å². The zero-order valence-electron chi connectivity index (χ0n) is 57.6. The van der Waals surface area contributed by atoms with Crippen molar-refractivity contribution < 1.29 is 161 Å². The minimum atomic E-state index is -2.01. The minimum absolute atomic E-state index is 0. The first-order chi connectivity index (χ1) is 44.4. The molecule has 28 atom stereocenters. The lowest BCUT2D eigenvalue weighted by atomic mass is 9.91. The molecule has 1 radical (unpaired) electrons. The molecule has 6 aliphatic heterocycles. The molecule has 0 spiro atoms. The smallest absolute Gasteiger partial charge is 0.351 e. The van der Waals surface area contributed by atoms with Crippen LogP contribution >= 0.6 is 15.9 Å². The maximum atomic E-state index is 14.0. The molecule has 0 aromatic carbocycles. The van der Waals surface area contributed by atoms with Gasteiger partial charge in [-0.3, -0.25) is 43.2 Å². The first-order valence-corrected chi connectivity index (χ1v) is 31.2. The van der Waals surface area contributed by atoms with Gasteiger partial charge in [-0.15, -0.1) is 0 Å². The quantitative estimate of drug-likeness (QED) is 0.0619. The maximum Gasteiger partial charge on any atom is 0.351 e. The van der Waals surface area contributed by atoms with Crippen molar-refractivity contribution in [2.75, 3.05) is 0 Å². The van der Waals surface area contributed by atoms with Crippen molar-refractivity contribution in [3.8, 4) is 0 Å². The van der Waals surface area contributed by atoms with E-state index in [1.807, 2.05) is 27.7 Å². The lowest BCUT2D eigenvalue weighted by Crippen LogP contribution is -2.56. The van der Waals surface area contributed by atoms with Gasteiger partial charge in [0.2, 0.25) is 25.0 Å². The van der Waals surface area contributed by atoms with E-state index in [1.54, 1.807) is 53.9 Å². The third-order valence-corrected chi connectivity index (χ3v) is 15.8. The van der Waals surface area contributed by atoms with Crippen molar-refractivity contribution in [2.24, 2.45) is 29.6 Å². The van der Waals surface area contributed by atoms with Gasteiger partial charge in [-0.1, -0.05) is 64.8 Å². The third kappa shape index (κ3) is 34.0. The summed E-state index contributed by atoms with van der Waals surface area (Å²) in [4.78, 5) is 98.7. The number of ether oxygens (including phenoxy) is 15. The van der Waals surface area contributed by atoms with Gasteiger partial charge in [-0.2, -0.15) is 0 Å². The molecule has 6 rings (SSSR count). The Morgan fingerprint density at radius 2 is 0.711 bits per heavy atom. The van der Waals surface area contributed by atoms with Crippen LogP contribution in [0, 0.1) is 29.6 Å². The van der Waals surface area contributed by atoms with Crippen molar-refractivity contribution in [2.45, 2.75) is 293 Å². The van der Waals surface area contributed by atoms with Gasteiger partial charge in [-0.25, -0.2) is 13.2 Å². The number of hydrogen-bond acceptors (Lipinski definition) is 28. The summed E-state index contributed by atoms with van der Waals surface area (Å²) in [6.07, 6.45) is -16.7. The third-order valence-electron chi connectivity index (χ3n) is 15.1. The topological polar surface area (TPSA) is 373 Å². The average molecular weight is 1490 g/mol. The van der Waals surface area contributed by atoms with E-state index >= 15 is 0 Å². The van der Waals surface area contributed by atoms with E-state index in [1.165, 1.54) is 76.1 Å². The molecule has 0 bridgehead atoms. The number of carbonyl (C=O) groups is 9. The summed E-state index contributed by atoms with van der Waals surface area (Å²) in [5.41, 5.74) is 0. The van der Waals surface area contributed by atoms with Gasteiger partial charge >= 0.3 is 61.3 Å². The molecule has 28 nitrogen and oxygen atoms in total. The number of halogens is 7. The number of alkyl halides is 4. The lowest BCUT2D eigenvalue weighted by molar-refractivity contribution is -0.278. The molecule has 6 heterocycles. The lowest BCUT2D eigenvalue weighted by Gasteiger charge is -2.42. The van der Waals surface area contributed by atoms with Crippen LogP contribution in [0.15, 0.2) is 12.3 Å². The monoisotopic (exact) mass is 1490 g/mol. The van der Waals surface area contributed by atoms with Crippen LogP contribution in [0.4, 0.5) is 26.6 Å². The van der Waals surface area contributed by atoms with Gasteiger partial charge in [0.05, 0.1) is 36.8 Å². The van der Waals surface area contributed by atoms with Crippen LogP contribution in [0.2, 0.25) is 6.82 Å². The molecule has 6 aliphatic rings. The summed E-state index contributed by atoms with van der Waals surface area (Å²) in [6.45, 7) is 32.2. The molecule has 97 heavy (non-hydrogen) atoms. The molecule has 5 fully saturated rings. The Hall–Kier alpha value is -5.47. The maximum absolute atomic E-state index is 14.0. The van der Waals surface area contributed by atoms with Crippen LogP contribution < -0.4 is 0 Å². The van der Waals surface area contributed by atoms with E-state index in [-0.39, 0.29) is 73.5 Å². The van der Waals surface area contributed by atoms with Crippen molar-refractivity contribution in [3.63, 3.8) is 0 Å². The average Bonchev–Trinajstić information content (AvgIpc) is 0.825. The summed E-state index contributed by atoms with van der Waals surface area (Å²) in [5.74, 6) is -5.22. The van der Waals surface area contributed by atoms with Crippen molar-refractivity contribution >= 4 is 77.2 Å². The number of hydrogen-bond donors (Lipinski definition) is 4. The summed E-state index contributed by atoms with van der Waals surface area (Å²) >= 11 is 3.29. The Morgan fingerprint density at radius 3 is 1.12 bits per heavy atom. The Balaban J connectivity index is -0.00000109. The SMILES string of the molecule is C.CC(=O)OC1O[C@@H](C)[C@@H](C)[C@@H](OC(C)=O)[C@@H]1F.CC(=O)OC1O[C@@H](C)[C@@H](C)[C@@H](OC(C)=O)[C@@H]1OC(C)=O.CC(=O)O[C@@H]1[C@H](C)[C@H](C)O[C@@H](Br)[C@H]1OC(C)=O.CC(=O)O[C@@H]1[C@H](C)[C@H](C)O[C@@H](F)[C@H]1F.CC(=O)O[C@H]1C=CO[C@@H](C)[C@H]1C.C[B]F.C[C@@H]1OC(O)[C@@H](O)[C@H](O)[C@@H]1O.FF. The fourth-order valence-corrected chi connectivity index (χ4v) is 10.0. The van der Waals surface area contributed by atoms with Gasteiger partial charge < -0.3 is 95.8 Å². The second kappa shape index (κ2) is 47.6. The molecule has 3 unspecified atom stereocenters. The number of aliphatic hydroxyl groups is 4. The predicted molar refractivity (Wildman–Crippen MR) is 331 cm³/mol. The van der Waals surface area contributed by atoms with Crippen LogP contribution in [-0.4, -0.2) is 222 Å². The second-order valence-electron chi connectivity index (χ2n) is 22.8. The highest BCUT2D eigenvalue weighted by atomic mass is 79.9. The Kier molecular flexibility index (Phi) is 46.9. The normalized spacial score (nSPS) is 36.6. The highest BCUT2D eigenvalue weighted by molar-refractivity contribution is 9.09. The van der Waals surface area contributed by atoms with Crippen molar-refractivity contribution in [1.82, 2.24) is 0 Å². The Bertz CT molecular complexity index is 2390. The van der Waals surface area contributed by atoms with E-state index in [0.29, 0.717) is 7.56 Å². The highest BCUT2D eigenvalue weighted by Gasteiger charge is 2.50. The number of esters is 9. The van der Waals surface area contributed by atoms with Gasteiger partial charge in [-0.05, 0) is 47.6 Å². The van der Waals surface area contributed by atoms with E-state index in [2.05, 4.69) is 25.4 Å². The van der Waals surface area contributed by atoms with Crippen LogP contribution in [0.3, 0.4) is 0 Å². The Labute approximate surface area is 571 Å². The van der Waals surface area contributed by atoms with E-state index < -0.39 is 157 Å². The molecule has 565 valence electrons. The standard InChI is InChI=1S/C13H20O7.C11H17BrO5.C11H17FO5.C9H14F2O3.C9H14O3.C6H12O5.CH3BF.CH4.F2/c1-6-7(2)17-13(20-10(5)16)12(19-9(4)15)11(6)18-8(3)14;1-5-6(2)15-11(12)10(17-8(4)14)9(5)16-7(3)13;1-5-6(2)15-11(17-8(4)14)9(12)10(5)16-7(3)13;1-4-5(2)13-9(11)7(10)8(4)14-6(3)12;1-6-7(2)11-5-4-9(6)12-8(3)10;1-2-3(7)4(8)5(9)6(10)11-2;1-2-3;;1-2/h6-7,11-13H,1-5H3;2*5-6,9-11H,1-4H3;4-5,7-9H,1-3H3;4-7,9H,1-3H3;2-10H,1H3;1H3;1H4;/t6-,7+,11-,12+,13?;5-,6+,9-,10+,11-;5-,6+,9+,10-,11?;4-,5+,7+,8-,9-;6-,7+,9+;2-,3+,4+,5-,6?;;;/m111110.../s1. The fraction of sp³-hybridized carbons (Fsp3) is 0.820. The molecule has 0 aliphatic carbocycles. The fourth-order valence-electron chi connectivity index (χ4n) is 9.27. The molecule has 0 saturated carbocycles. The van der Waals surface area contributed by atoms with Crippen LogP contribution in [0.5, 0.6) is 0 Å². The Morgan fingerprint density at radius 1 is 0.392 bits per heavy atom. The molecule has 36 heteroatoms. The molecule has 0 amide bonds. The number of carbonyl (C=O) groups excluding carboxylic acids is 9.